The van der Waals surface area contributed by atoms with Gasteiger partial charge in [0.2, 0.25) is 0 Å². The molecule has 2 aromatic rings. The van der Waals surface area contributed by atoms with Crippen LogP contribution in [0.5, 0.6) is 0 Å². The van der Waals surface area contributed by atoms with Gasteiger partial charge in [0.25, 0.3) is 0 Å². The van der Waals surface area contributed by atoms with Crippen LogP contribution >= 0.6 is 39.1 Å². The summed E-state index contributed by atoms with van der Waals surface area (Å²) in [6, 6.07) is 10.3. The van der Waals surface area contributed by atoms with Gasteiger partial charge >= 0.3 is 0 Å². The Morgan fingerprint density at radius 3 is 2.63 bits per heavy atom. The van der Waals surface area contributed by atoms with Crippen LogP contribution in [0.25, 0.3) is 0 Å². The van der Waals surface area contributed by atoms with Crippen molar-refractivity contribution in [3.63, 3.8) is 0 Å². The van der Waals surface area contributed by atoms with Crippen molar-refractivity contribution < 1.29 is 4.79 Å². The van der Waals surface area contributed by atoms with Gasteiger partial charge in [0.05, 0.1) is 10.0 Å². The maximum Gasteiger partial charge on any atom is 0.167 e. The highest BCUT2D eigenvalue weighted by Crippen LogP contribution is 2.27. The maximum atomic E-state index is 12.2. The predicted octanol–water partition coefficient (Wildman–Crippen LogP) is 4.76. The summed E-state index contributed by atoms with van der Waals surface area (Å²) in [5.41, 5.74) is 7.58. The molecular formula is C14H10BrCl2NO. The van der Waals surface area contributed by atoms with Crippen LogP contribution in [0.1, 0.15) is 15.9 Å². The molecule has 2 N–H and O–H groups in total. The Balaban J connectivity index is 2.26. The second-order valence-corrected chi connectivity index (χ2v) is 5.69. The van der Waals surface area contributed by atoms with E-state index >= 15 is 0 Å². The number of Topliss-reactive ketones (excluding diaryl/α,β-unsaturated/α-hetero) is 1. The molecule has 0 aromatic heterocycles. The molecule has 2 nitrogen and oxygen atoms in total. The highest BCUT2D eigenvalue weighted by atomic mass is 79.9. The molecule has 19 heavy (non-hydrogen) atoms. The minimum Gasteiger partial charge on any atom is -0.398 e. The third-order valence-corrected chi connectivity index (χ3v) is 4.25. The van der Waals surface area contributed by atoms with E-state index in [1.54, 1.807) is 36.4 Å². The third-order valence-electron chi connectivity index (χ3n) is 2.71. The molecule has 0 unspecified atom stereocenters. The second-order valence-electron chi connectivity index (χ2n) is 4.05. The van der Waals surface area contributed by atoms with Crippen LogP contribution in [0, 0.1) is 0 Å². The van der Waals surface area contributed by atoms with Crippen LogP contribution in [-0.2, 0) is 6.42 Å². The van der Waals surface area contributed by atoms with Gasteiger partial charge in [0, 0.05) is 22.1 Å². The quantitative estimate of drug-likeness (QED) is 0.634. The molecule has 0 saturated heterocycles. The summed E-state index contributed by atoms with van der Waals surface area (Å²) < 4.78 is 0.704. The zero-order valence-electron chi connectivity index (χ0n) is 9.79. The van der Waals surface area contributed by atoms with Crippen molar-refractivity contribution in [3.05, 3.63) is 62.0 Å². The van der Waals surface area contributed by atoms with Gasteiger partial charge in [-0.1, -0.05) is 35.3 Å². The molecule has 5 heteroatoms. The summed E-state index contributed by atoms with van der Waals surface area (Å²) in [5.74, 6) is -0.0372. The Hall–Kier alpha value is -1.03. The highest BCUT2D eigenvalue weighted by Gasteiger charge is 2.12. The minimum atomic E-state index is -0.0372. The molecule has 0 radical (unpaired) electrons. The van der Waals surface area contributed by atoms with Crippen molar-refractivity contribution in [2.45, 2.75) is 6.42 Å². The Kier molecular flexibility index (Phi) is 4.50. The Morgan fingerprint density at radius 1 is 1.21 bits per heavy atom. The zero-order valence-corrected chi connectivity index (χ0v) is 12.9. The summed E-state index contributed by atoms with van der Waals surface area (Å²) in [5, 5.41) is 0.873. The molecule has 0 fully saturated rings. The first kappa shape index (κ1) is 14.4. The van der Waals surface area contributed by atoms with E-state index in [0.717, 1.165) is 0 Å². The van der Waals surface area contributed by atoms with Crippen LogP contribution in [0.15, 0.2) is 40.9 Å². The summed E-state index contributed by atoms with van der Waals surface area (Å²) in [4.78, 5) is 12.2. The topological polar surface area (TPSA) is 43.1 Å². The molecular weight excluding hydrogens is 349 g/mol. The van der Waals surface area contributed by atoms with Crippen LogP contribution in [-0.4, -0.2) is 5.78 Å². The van der Waals surface area contributed by atoms with Gasteiger partial charge in [0.1, 0.15) is 0 Å². The van der Waals surface area contributed by atoms with Gasteiger partial charge < -0.3 is 5.73 Å². The normalized spacial score (nSPS) is 10.5. The molecule has 0 saturated carbocycles. The van der Waals surface area contributed by atoms with Crippen molar-refractivity contribution in [2.75, 3.05) is 5.73 Å². The molecule has 0 amide bonds. The molecule has 0 spiro atoms. The fourth-order valence-electron chi connectivity index (χ4n) is 1.66. The summed E-state index contributed by atoms with van der Waals surface area (Å²) in [6.07, 6.45) is 0.204. The monoisotopic (exact) mass is 357 g/mol. The largest absolute Gasteiger partial charge is 0.398 e. The molecule has 0 bridgehead atoms. The molecule has 0 heterocycles. The van der Waals surface area contributed by atoms with Crippen molar-refractivity contribution in [2.24, 2.45) is 0 Å². The number of nitrogen functional groups attached to an aromatic ring is 1. The van der Waals surface area contributed by atoms with E-state index in [0.29, 0.717) is 31.3 Å². The first-order chi connectivity index (χ1) is 8.99. The minimum absolute atomic E-state index is 0.0372. The molecule has 2 aromatic carbocycles. The second kappa shape index (κ2) is 5.95. The number of rotatable bonds is 3. The van der Waals surface area contributed by atoms with E-state index in [2.05, 4.69) is 15.9 Å². The number of anilines is 1. The summed E-state index contributed by atoms with van der Waals surface area (Å²) >= 11 is 15.3. The van der Waals surface area contributed by atoms with E-state index < -0.39 is 0 Å². The molecule has 0 aliphatic heterocycles. The average Bonchev–Trinajstić information content (AvgIpc) is 2.38. The Bertz CT molecular complexity index is 643. The predicted molar refractivity (Wildman–Crippen MR) is 83.1 cm³/mol. The first-order valence-electron chi connectivity index (χ1n) is 5.50. The van der Waals surface area contributed by atoms with Crippen molar-refractivity contribution >= 4 is 50.6 Å². The molecule has 0 aliphatic carbocycles. The van der Waals surface area contributed by atoms with Crippen molar-refractivity contribution in [3.8, 4) is 0 Å². The molecule has 98 valence electrons. The van der Waals surface area contributed by atoms with Crippen LogP contribution in [0.2, 0.25) is 10.0 Å². The van der Waals surface area contributed by atoms with E-state index in [9.17, 15) is 4.79 Å². The lowest BCUT2D eigenvalue weighted by Crippen LogP contribution is -2.04. The summed E-state index contributed by atoms with van der Waals surface area (Å²) in [7, 11) is 0. The number of carbonyl (C=O) groups is 1. The highest BCUT2D eigenvalue weighted by molar-refractivity contribution is 9.10. The number of hydrogen-bond donors (Lipinski definition) is 1. The number of carbonyl (C=O) groups excluding carboxylic acids is 1. The summed E-state index contributed by atoms with van der Waals surface area (Å²) in [6.45, 7) is 0. The average molecular weight is 359 g/mol. The lowest BCUT2D eigenvalue weighted by molar-refractivity contribution is 0.0993. The first-order valence-corrected chi connectivity index (χ1v) is 7.05. The van der Waals surface area contributed by atoms with Crippen LogP contribution < -0.4 is 5.73 Å². The van der Waals surface area contributed by atoms with E-state index in [4.69, 9.17) is 28.9 Å². The van der Waals surface area contributed by atoms with Gasteiger partial charge in [-0.15, -0.1) is 0 Å². The SMILES string of the molecule is Nc1ccc(C(=O)Cc2cccc(Cl)c2Cl)cc1Br. The van der Waals surface area contributed by atoms with Crippen LogP contribution in [0.4, 0.5) is 5.69 Å². The lowest BCUT2D eigenvalue weighted by Gasteiger charge is -2.06. The van der Waals surface area contributed by atoms with E-state index in [1.807, 2.05) is 0 Å². The number of ketones is 1. The number of halogens is 3. The van der Waals surface area contributed by atoms with Crippen molar-refractivity contribution in [1.29, 1.82) is 0 Å². The van der Waals surface area contributed by atoms with E-state index in [1.165, 1.54) is 0 Å². The standard InChI is InChI=1S/C14H10BrCl2NO/c15-10-6-8(4-5-12(10)18)13(19)7-9-2-1-3-11(16)14(9)17/h1-6H,7,18H2. The Labute approximate surface area is 129 Å². The third kappa shape index (κ3) is 3.30. The fourth-order valence-corrected chi connectivity index (χ4v) is 2.43. The lowest BCUT2D eigenvalue weighted by atomic mass is 10.0. The van der Waals surface area contributed by atoms with Gasteiger partial charge in [0.15, 0.2) is 5.78 Å². The number of hydrogen-bond acceptors (Lipinski definition) is 2. The van der Waals surface area contributed by atoms with Gasteiger partial charge in [-0.3, -0.25) is 4.79 Å². The van der Waals surface area contributed by atoms with E-state index in [-0.39, 0.29) is 12.2 Å². The van der Waals surface area contributed by atoms with Gasteiger partial charge in [-0.25, -0.2) is 0 Å². The number of nitrogens with two attached hydrogens (primary N) is 1. The maximum absolute atomic E-state index is 12.2. The van der Waals surface area contributed by atoms with Crippen LogP contribution in [0.3, 0.4) is 0 Å². The van der Waals surface area contributed by atoms with Gasteiger partial charge in [-0.05, 0) is 45.8 Å². The number of benzene rings is 2. The van der Waals surface area contributed by atoms with Crippen molar-refractivity contribution in [1.82, 2.24) is 0 Å². The molecule has 0 atom stereocenters. The Morgan fingerprint density at radius 2 is 1.95 bits per heavy atom. The zero-order chi connectivity index (χ0) is 14.0. The van der Waals surface area contributed by atoms with Gasteiger partial charge in [-0.2, -0.15) is 0 Å². The smallest absolute Gasteiger partial charge is 0.167 e. The fraction of sp³-hybridized carbons (Fsp3) is 0.0714. The molecule has 2 rings (SSSR count). The molecule has 0 aliphatic rings.